The van der Waals surface area contributed by atoms with Crippen molar-refractivity contribution in [2.24, 2.45) is 0 Å². The van der Waals surface area contributed by atoms with Gasteiger partial charge in [0.15, 0.2) is 0 Å². The van der Waals surface area contributed by atoms with E-state index < -0.39 is 0 Å². The molecule has 0 saturated heterocycles. The number of fused-ring (bicyclic) bond motifs is 1. The Balaban J connectivity index is 0.00000400. The van der Waals surface area contributed by atoms with Crippen molar-refractivity contribution in [3.05, 3.63) is 133 Å². The number of ether oxygens (including phenoxy) is 1. The molecule has 234 valence electrons. The Hall–Kier alpha value is -4.08. The maximum Gasteiger partial charge on any atom is 0.135 e. The van der Waals surface area contributed by atoms with Gasteiger partial charge in [-0.05, 0) is 65.4 Å². The van der Waals surface area contributed by atoms with E-state index in [1.165, 1.54) is 16.8 Å². The van der Waals surface area contributed by atoms with Crippen LogP contribution in [0.4, 0.5) is 34.3 Å². The first kappa shape index (κ1) is 32.3. The van der Waals surface area contributed by atoms with Gasteiger partial charge in [-0.25, -0.2) is 4.98 Å². The fourth-order valence-electron chi connectivity index (χ4n) is 5.33. The zero-order valence-electron chi connectivity index (χ0n) is 26.9. The average molecular weight is 775 g/mol. The molecule has 0 unspecified atom stereocenters. The molecule has 0 fully saturated rings. The first-order chi connectivity index (χ1) is 21.0. The van der Waals surface area contributed by atoms with Crippen molar-refractivity contribution >= 4 is 34.3 Å². The minimum absolute atomic E-state index is 0. The van der Waals surface area contributed by atoms with Crippen LogP contribution in [0.3, 0.4) is 0 Å². The Bertz CT molecular complexity index is 1770. The molecule has 1 aliphatic rings. The monoisotopic (exact) mass is 774 g/mol. The minimum Gasteiger partial charge on any atom is -0.509 e. The number of anilines is 6. The molecule has 0 radical (unpaired) electrons. The number of hydrogen-bond donors (Lipinski definition) is 0. The second kappa shape index (κ2) is 12.7. The molecule has 0 atom stereocenters. The van der Waals surface area contributed by atoms with E-state index in [1.54, 1.807) is 0 Å². The van der Waals surface area contributed by atoms with Crippen LogP contribution in [0.5, 0.6) is 11.5 Å². The number of nitrogens with zero attached hydrogens (tertiary/aromatic N) is 4. The van der Waals surface area contributed by atoms with E-state index in [0.29, 0.717) is 11.5 Å². The van der Waals surface area contributed by atoms with E-state index in [-0.39, 0.29) is 31.9 Å². The van der Waals surface area contributed by atoms with Gasteiger partial charge >= 0.3 is 0 Å². The quantitative estimate of drug-likeness (QED) is 0.161. The fourth-order valence-corrected chi connectivity index (χ4v) is 5.33. The molecule has 6 rings (SSSR count). The number of pyridine rings is 1. The maximum atomic E-state index is 6.39. The van der Waals surface area contributed by atoms with E-state index in [9.17, 15) is 0 Å². The molecule has 2 heterocycles. The molecule has 4 aromatic carbocycles. The Morgan fingerprint density at radius 2 is 1.38 bits per heavy atom. The Morgan fingerprint density at radius 1 is 0.711 bits per heavy atom. The molecule has 0 amide bonds. The van der Waals surface area contributed by atoms with Crippen molar-refractivity contribution in [3.63, 3.8) is 0 Å². The molecular formula is C39H39N4OPt-3. The van der Waals surface area contributed by atoms with Gasteiger partial charge in [-0.2, -0.15) is 18.8 Å². The summed E-state index contributed by atoms with van der Waals surface area (Å²) in [5.41, 5.74) is 7.61. The largest absolute Gasteiger partial charge is 0.509 e. The number of hydrogen-bond acceptors (Lipinski definition) is 5. The van der Waals surface area contributed by atoms with Crippen molar-refractivity contribution in [2.45, 2.75) is 52.4 Å². The molecule has 1 aliphatic heterocycles. The maximum absolute atomic E-state index is 6.39. The topological polar surface area (TPSA) is 31.8 Å². The summed E-state index contributed by atoms with van der Waals surface area (Å²) in [6.45, 7) is 15.5. The van der Waals surface area contributed by atoms with Crippen molar-refractivity contribution in [3.8, 4) is 11.5 Å². The predicted octanol–water partition coefficient (Wildman–Crippen LogP) is 10.2. The molecule has 0 bridgehead atoms. The summed E-state index contributed by atoms with van der Waals surface area (Å²) < 4.78 is 6.39. The number of rotatable bonds is 6. The number of para-hydroxylation sites is 1. The zero-order chi connectivity index (χ0) is 31.1. The Kier molecular flexibility index (Phi) is 9.14. The van der Waals surface area contributed by atoms with Gasteiger partial charge < -0.3 is 19.4 Å². The van der Waals surface area contributed by atoms with Crippen LogP contribution in [0.1, 0.15) is 52.7 Å². The molecular weight excluding hydrogens is 736 g/mol. The van der Waals surface area contributed by atoms with E-state index in [2.05, 4.69) is 131 Å². The summed E-state index contributed by atoms with van der Waals surface area (Å²) >= 11 is 0. The second-order valence-corrected chi connectivity index (χ2v) is 13.3. The van der Waals surface area contributed by atoms with E-state index in [1.807, 2.05) is 54.7 Å². The molecule has 0 saturated carbocycles. The van der Waals surface area contributed by atoms with Crippen LogP contribution in [0.15, 0.2) is 103 Å². The third-order valence-electron chi connectivity index (χ3n) is 7.85. The van der Waals surface area contributed by atoms with Crippen molar-refractivity contribution < 1.29 is 25.8 Å². The molecule has 1 aromatic heterocycles. The van der Waals surface area contributed by atoms with Gasteiger partial charge in [-0.1, -0.05) is 71.5 Å². The first-order valence-corrected chi connectivity index (χ1v) is 15.0. The number of benzene rings is 4. The molecule has 6 heteroatoms. The minimum atomic E-state index is -0.00740. The Morgan fingerprint density at radius 3 is 2.09 bits per heavy atom. The van der Waals surface area contributed by atoms with Crippen LogP contribution in [0, 0.1) is 18.8 Å². The molecule has 5 nitrogen and oxygen atoms in total. The van der Waals surface area contributed by atoms with Crippen LogP contribution in [-0.2, 0) is 31.9 Å². The molecule has 0 spiro atoms. The average Bonchev–Trinajstić information content (AvgIpc) is 3.33. The third-order valence-corrected chi connectivity index (χ3v) is 7.85. The summed E-state index contributed by atoms with van der Waals surface area (Å²) in [7, 11) is 2.08. The smallest absolute Gasteiger partial charge is 0.135 e. The van der Waals surface area contributed by atoms with Crippen molar-refractivity contribution in [1.82, 2.24) is 4.98 Å². The first-order valence-electron chi connectivity index (χ1n) is 15.0. The zero-order valence-corrected chi connectivity index (χ0v) is 29.2. The van der Waals surface area contributed by atoms with E-state index in [4.69, 9.17) is 9.72 Å². The van der Waals surface area contributed by atoms with E-state index >= 15 is 0 Å². The third kappa shape index (κ3) is 6.94. The Labute approximate surface area is 282 Å². The molecule has 0 aliphatic carbocycles. The summed E-state index contributed by atoms with van der Waals surface area (Å²) in [5.74, 6) is 2.04. The van der Waals surface area contributed by atoms with Crippen LogP contribution >= 0.6 is 0 Å². The number of aromatic nitrogens is 1. The summed E-state index contributed by atoms with van der Waals surface area (Å²) in [5, 5.41) is 0. The van der Waals surface area contributed by atoms with Crippen molar-refractivity contribution in [1.29, 1.82) is 0 Å². The van der Waals surface area contributed by atoms with Gasteiger partial charge in [0, 0.05) is 55.8 Å². The van der Waals surface area contributed by atoms with Gasteiger partial charge in [-0.15, -0.1) is 42.1 Å². The van der Waals surface area contributed by atoms with Gasteiger partial charge in [0.05, 0.1) is 0 Å². The predicted molar refractivity (Wildman–Crippen MR) is 182 cm³/mol. The summed E-state index contributed by atoms with van der Waals surface area (Å²) in [6.07, 6.45) is 1.88. The van der Waals surface area contributed by atoms with Gasteiger partial charge in [0.2, 0.25) is 0 Å². The SMILES string of the molecule is CN1[CH-]N(c2[c-]c(Oc3[c-]c(N(c4ccccc4)c4cc(C(C)(C)C)ccn4)ccc3)ccc2)c2ccc(C(C)(C)C)cc21.[Pt]. The molecule has 0 N–H and O–H groups in total. The van der Waals surface area contributed by atoms with Gasteiger partial charge in [0.25, 0.3) is 0 Å². The molecule has 45 heavy (non-hydrogen) atoms. The normalized spacial score (nSPS) is 12.9. The summed E-state index contributed by atoms with van der Waals surface area (Å²) in [6, 6.07) is 40.0. The van der Waals surface area contributed by atoms with Crippen LogP contribution in [0.25, 0.3) is 0 Å². The van der Waals surface area contributed by atoms with Crippen LogP contribution < -0.4 is 19.4 Å². The van der Waals surface area contributed by atoms with Gasteiger partial charge in [-0.3, -0.25) is 0 Å². The fraction of sp³-hybridized carbons (Fsp3) is 0.231. The van der Waals surface area contributed by atoms with Gasteiger partial charge in [0.1, 0.15) is 5.82 Å². The van der Waals surface area contributed by atoms with Crippen LogP contribution in [-0.4, -0.2) is 12.0 Å². The van der Waals surface area contributed by atoms with E-state index in [0.717, 1.165) is 28.6 Å². The van der Waals surface area contributed by atoms with Crippen molar-refractivity contribution in [2.75, 3.05) is 21.7 Å². The summed E-state index contributed by atoms with van der Waals surface area (Å²) in [4.78, 5) is 11.2. The molecule has 5 aromatic rings. The van der Waals surface area contributed by atoms with Crippen LogP contribution in [0.2, 0.25) is 0 Å². The second-order valence-electron chi connectivity index (χ2n) is 13.3. The standard InChI is InChI=1S/C39H39N4O.Pt/c1-38(2,3)28-19-20-35-36(23-28)41(7)27-42(35)31-15-11-17-33(25-31)44-34-18-12-16-32(26-34)43(30-13-9-8-10-14-30)37-24-29(21-22-40-37)39(4,5)6;/h8-24,27H,1-7H3;/q-3;.